The van der Waals surface area contributed by atoms with Gasteiger partial charge in [0.25, 0.3) is 0 Å². The van der Waals surface area contributed by atoms with Gasteiger partial charge in [0.05, 0.1) is 5.41 Å². The van der Waals surface area contributed by atoms with Crippen LogP contribution < -0.4 is 10.6 Å². The second kappa shape index (κ2) is 8.94. The molecule has 2 N–H and O–H groups in total. The Balaban J connectivity index is 1.72. The molecule has 3 aromatic rings. The van der Waals surface area contributed by atoms with Gasteiger partial charge in [0.1, 0.15) is 0 Å². The van der Waals surface area contributed by atoms with E-state index in [4.69, 9.17) is 5.73 Å². The molecule has 0 radical (unpaired) electrons. The summed E-state index contributed by atoms with van der Waals surface area (Å²) in [5.41, 5.74) is 11.2. The van der Waals surface area contributed by atoms with Gasteiger partial charge in [-0.2, -0.15) is 0 Å². The molecule has 4 rings (SSSR count). The number of nitrogens with two attached hydrogens (primary N) is 1. The van der Waals surface area contributed by atoms with Crippen LogP contribution in [0, 0.1) is 0 Å². The van der Waals surface area contributed by atoms with Crippen LogP contribution in [-0.2, 0) is 23.2 Å². The van der Waals surface area contributed by atoms with Crippen LogP contribution >= 0.6 is 0 Å². The lowest BCUT2D eigenvalue weighted by Gasteiger charge is -2.34. The maximum absolute atomic E-state index is 13.2. The first-order chi connectivity index (χ1) is 15.0. The highest BCUT2D eigenvalue weighted by Gasteiger charge is 2.43. The Bertz CT molecular complexity index is 1050. The van der Waals surface area contributed by atoms with E-state index < -0.39 is 5.41 Å². The molecule has 1 aliphatic heterocycles. The van der Waals surface area contributed by atoms with Crippen LogP contribution in [0.2, 0.25) is 0 Å². The maximum atomic E-state index is 13.2. The normalized spacial score (nSPS) is 17.7. The predicted octanol–water partition coefficient (Wildman–Crippen LogP) is 4.65. The summed E-state index contributed by atoms with van der Waals surface area (Å²) in [7, 11) is 2.11. The lowest BCUT2D eigenvalue weighted by atomic mass is 9.72. The van der Waals surface area contributed by atoms with E-state index >= 15 is 0 Å². The minimum Gasteiger partial charge on any atom is -0.369 e. The average molecular weight is 414 g/mol. The summed E-state index contributed by atoms with van der Waals surface area (Å²) in [6.07, 6.45) is 1.29. The van der Waals surface area contributed by atoms with E-state index in [9.17, 15) is 4.79 Å². The van der Waals surface area contributed by atoms with E-state index in [1.165, 1.54) is 16.8 Å². The van der Waals surface area contributed by atoms with Gasteiger partial charge in [0.15, 0.2) is 0 Å². The first kappa shape index (κ1) is 21.1. The molecule has 1 atom stereocenters. The number of nitrogens with zero attached hydrogens (tertiary/aromatic N) is 2. The molecule has 31 heavy (non-hydrogen) atoms. The zero-order chi connectivity index (χ0) is 21.8. The fourth-order valence-corrected chi connectivity index (χ4v) is 4.85. The van der Waals surface area contributed by atoms with Crippen LogP contribution in [0.1, 0.15) is 30.0 Å². The van der Waals surface area contributed by atoms with E-state index in [0.717, 1.165) is 30.9 Å². The van der Waals surface area contributed by atoms with Crippen molar-refractivity contribution in [2.75, 3.05) is 25.0 Å². The van der Waals surface area contributed by atoms with Crippen molar-refractivity contribution < 1.29 is 4.79 Å². The average Bonchev–Trinajstić information content (AvgIpc) is 2.91. The topological polar surface area (TPSA) is 49.6 Å². The van der Waals surface area contributed by atoms with E-state index in [-0.39, 0.29) is 5.91 Å². The number of anilines is 2. The summed E-state index contributed by atoms with van der Waals surface area (Å²) in [5.74, 6) is -0.249. The van der Waals surface area contributed by atoms with E-state index in [0.29, 0.717) is 12.8 Å². The van der Waals surface area contributed by atoms with E-state index in [1.54, 1.807) is 0 Å². The van der Waals surface area contributed by atoms with Crippen molar-refractivity contribution >= 4 is 17.3 Å². The summed E-state index contributed by atoms with van der Waals surface area (Å²) in [5, 5.41) is 0. The minimum absolute atomic E-state index is 0.249. The molecule has 1 aliphatic rings. The largest absolute Gasteiger partial charge is 0.369 e. The van der Waals surface area contributed by atoms with Crippen LogP contribution in [0.3, 0.4) is 0 Å². The molecule has 1 amide bonds. The summed E-state index contributed by atoms with van der Waals surface area (Å²) in [4.78, 5) is 17.7. The van der Waals surface area contributed by atoms with Crippen molar-refractivity contribution in [3.63, 3.8) is 0 Å². The Morgan fingerprint density at radius 3 is 2.32 bits per heavy atom. The number of carbonyl (C=O) groups excluding carboxylic acids is 1. The Hall–Kier alpha value is -3.11. The van der Waals surface area contributed by atoms with Gasteiger partial charge in [-0.05, 0) is 62.2 Å². The molecule has 0 fully saturated rings. The summed E-state index contributed by atoms with van der Waals surface area (Å²) >= 11 is 0. The van der Waals surface area contributed by atoms with Crippen molar-refractivity contribution in [3.05, 3.63) is 95.6 Å². The van der Waals surface area contributed by atoms with Gasteiger partial charge in [0.2, 0.25) is 5.91 Å². The molecule has 0 aromatic heterocycles. The third kappa shape index (κ3) is 4.08. The van der Waals surface area contributed by atoms with Crippen molar-refractivity contribution in [3.8, 4) is 0 Å². The SMILES string of the molecule is CCN1c2ccccc2C[C@](CCN(C)Cc2ccccc2)(C(N)=O)c2ccccc21. The van der Waals surface area contributed by atoms with Crippen LogP contribution in [-0.4, -0.2) is 30.9 Å². The van der Waals surface area contributed by atoms with Gasteiger partial charge in [0, 0.05) is 24.5 Å². The smallest absolute Gasteiger partial charge is 0.228 e. The first-order valence-electron chi connectivity index (χ1n) is 11.0. The second-order valence-corrected chi connectivity index (χ2v) is 8.49. The minimum atomic E-state index is -0.748. The molecular formula is C27H31N3O. The fraction of sp³-hybridized carbons (Fsp3) is 0.296. The molecule has 160 valence electrons. The van der Waals surface area contributed by atoms with Crippen molar-refractivity contribution in [2.24, 2.45) is 5.73 Å². The van der Waals surface area contributed by atoms with Gasteiger partial charge >= 0.3 is 0 Å². The van der Waals surface area contributed by atoms with Gasteiger partial charge in [-0.25, -0.2) is 0 Å². The molecule has 0 saturated heterocycles. The quantitative estimate of drug-likeness (QED) is 0.614. The number of rotatable bonds is 7. The highest BCUT2D eigenvalue weighted by molar-refractivity contribution is 5.91. The summed E-state index contributed by atoms with van der Waals surface area (Å²) in [6, 6.07) is 27.1. The predicted molar refractivity (Wildman–Crippen MR) is 128 cm³/mol. The lowest BCUT2D eigenvalue weighted by Crippen LogP contribution is -2.45. The molecule has 0 saturated carbocycles. The van der Waals surface area contributed by atoms with Gasteiger partial charge in [-0.3, -0.25) is 4.79 Å². The zero-order valence-electron chi connectivity index (χ0n) is 18.4. The molecule has 4 heteroatoms. The number of carbonyl (C=O) groups is 1. The summed E-state index contributed by atoms with van der Waals surface area (Å²) < 4.78 is 0. The number of primary amides is 1. The van der Waals surface area contributed by atoms with Crippen LogP contribution in [0.15, 0.2) is 78.9 Å². The zero-order valence-corrected chi connectivity index (χ0v) is 18.4. The fourth-order valence-electron chi connectivity index (χ4n) is 4.85. The second-order valence-electron chi connectivity index (χ2n) is 8.49. The van der Waals surface area contributed by atoms with Crippen LogP contribution in [0.4, 0.5) is 11.4 Å². The molecule has 0 aliphatic carbocycles. The Kier molecular flexibility index (Phi) is 6.10. The number of hydrogen-bond acceptors (Lipinski definition) is 3. The number of hydrogen-bond donors (Lipinski definition) is 1. The van der Waals surface area contributed by atoms with Crippen molar-refractivity contribution in [1.82, 2.24) is 4.90 Å². The third-order valence-corrected chi connectivity index (χ3v) is 6.49. The van der Waals surface area contributed by atoms with Gasteiger partial charge in [-0.15, -0.1) is 0 Å². The summed E-state index contributed by atoms with van der Waals surface area (Å²) in [6.45, 7) is 4.60. The van der Waals surface area contributed by atoms with Crippen LogP contribution in [0.5, 0.6) is 0 Å². The van der Waals surface area contributed by atoms with E-state index in [1.807, 2.05) is 18.2 Å². The molecule has 0 unspecified atom stereocenters. The van der Waals surface area contributed by atoms with Gasteiger partial charge in [-0.1, -0.05) is 66.7 Å². The maximum Gasteiger partial charge on any atom is 0.228 e. The molecule has 3 aromatic carbocycles. The number of benzene rings is 3. The number of para-hydroxylation sites is 2. The number of fused-ring (bicyclic) bond motifs is 2. The van der Waals surface area contributed by atoms with Crippen LogP contribution in [0.25, 0.3) is 0 Å². The molecular weight excluding hydrogens is 382 g/mol. The highest BCUT2D eigenvalue weighted by atomic mass is 16.1. The number of amides is 1. The Morgan fingerprint density at radius 1 is 0.968 bits per heavy atom. The molecule has 4 nitrogen and oxygen atoms in total. The molecule has 1 heterocycles. The Morgan fingerprint density at radius 2 is 1.61 bits per heavy atom. The first-order valence-corrected chi connectivity index (χ1v) is 11.0. The van der Waals surface area contributed by atoms with Gasteiger partial charge < -0.3 is 15.5 Å². The molecule has 0 bridgehead atoms. The van der Waals surface area contributed by atoms with E-state index in [2.05, 4.69) is 84.4 Å². The van der Waals surface area contributed by atoms with Crippen molar-refractivity contribution in [1.29, 1.82) is 0 Å². The van der Waals surface area contributed by atoms with Crippen molar-refractivity contribution in [2.45, 2.75) is 31.7 Å². The highest BCUT2D eigenvalue weighted by Crippen LogP contribution is 2.45. The lowest BCUT2D eigenvalue weighted by molar-refractivity contribution is -0.124. The monoisotopic (exact) mass is 413 g/mol. The molecule has 0 spiro atoms. The third-order valence-electron chi connectivity index (χ3n) is 6.49. The Labute approximate surface area is 185 Å². The standard InChI is InChI=1S/C27H31N3O/c1-3-30-24-15-9-7-13-22(24)19-27(26(28)31,23-14-8-10-16-25(23)30)17-18-29(2)20-21-11-5-4-6-12-21/h4-16H,3,17-20H2,1-2H3,(H2,28,31)/t27-/m0/s1.